The first-order chi connectivity index (χ1) is 17.2. The first kappa shape index (κ1) is 25.5. The minimum atomic E-state index is -0.0701. The van der Waals surface area contributed by atoms with Gasteiger partial charge in [-0.2, -0.15) is 4.98 Å². The van der Waals surface area contributed by atoms with Crippen LogP contribution in [-0.2, 0) is 17.9 Å². The van der Waals surface area contributed by atoms with Crippen LogP contribution in [0, 0.1) is 0 Å². The molecule has 1 aromatic heterocycles. The Labute approximate surface area is 212 Å². The molecule has 2 aliphatic rings. The van der Waals surface area contributed by atoms with E-state index >= 15 is 0 Å². The fourth-order valence-corrected chi connectivity index (χ4v) is 4.70. The summed E-state index contributed by atoms with van der Waals surface area (Å²) in [6.07, 6.45) is 0. The van der Waals surface area contributed by atoms with Gasteiger partial charge in [0.15, 0.2) is 0 Å². The summed E-state index contributed by atoms with van der Waals surface area (Å²) in [4.78, 5) is 42.5. The van der Waals surface area contributed by atoms with Crippen LogP contribution < -0.4 is 19.3 Å². The lowest BCUT2D eigenvalue weighted by Gasteiger charge is -2.34. The summed E-state index contributed by atoms with van der Waals surface area (Å²) < 4.78 is 11.3. The molecule has 194 valence electrons. The number of fused-ring (bicyclic) bond motifs is 1. The zero-order chi connectivity index (χ0) is 26.0. The minimum absolute atomic E-state index is 0.0543. The van der Waals surface area contributed by atoms with Gasteiger partial charge in [0.1, 0.15) is 23.0 Å². The van der Waals surface area contributed by atoms with E-state index in [9.17, 15) is 9.59 Å². The molecule has 3 heterocycles. The number of rotatable bonds is 8. The molecule has 0 saturated carbocycles. The Kier molecular flexibility index (Phi) is 7.51. The number of methoxy groups -OCH3 is 1. The van der Waals surface area contributed by atoms with Gasteiger partial charge < -0.3 is 29.1 Å². The molecule has 2 aromatic rings. The molecule has 0 atom stereocenters. The third kappa shape index (κ3) is 5.03. The molecule has 0 aliphatic carbocycles. The Morgan fingerprint density at radius 3 is 2.50 bits per heavy atom. The van der Waals surface area contributed by atoms with Crippen molar-refractivity contribution in [3.05, 3.63) is 35.0 Å². The number of hydrogen-bond acceptors (Lipinski definition) is 8. The molecule has 1 saturated heterocycles. The molecule has 36 heavy (non-hydrogen) atoms. The van der Waals surface area contributed by atoms with Gasteiger partial charge in [-0.1, -0.05) is 0 Å². The van der Waals surface area contributed by atoms with Crippen LogP contribution in [0.3, 0.4) is 0 Å². The van der Waals surface area contributed by atoms with Crippen LogP contribution in [0.15, 0.2) is 18.2 Å². The lowest BCUT2D eigenvalue weighted by Crippen LogP contribution is -2.48. The zero-order valence-corrected chi connectivity index (χ0v) is 22.1. The first-order valence-electron chi connectivity index (χ1n) is 12.5. The molecule has 10 nitrogen and oxygen atoms in total. The Bertz CT molecular complexity index is 1130. The molecule has 4 rings (SSSR count). The van der Waals surface area contributed by atoms with Crippen LogP contribution in [0.5, 0.6) is 11.5 Å². The maximum Gasteiger partial charge on any atom is 0.273 e. The second-order valence-electron chi connectivity index (χ2n) is 9.46. The number of carbonyl (C=O) groups is 2. The van der Waals surface area contributed by atoms with E-state index in [1.165, 1.54) is 0 Å². The van der Waals surface area contributed by atoms with Crippen molar-refractivity contribution in [2.24, 2.45) is 0 Å². The number of ether oxygens (including phenoxy) is 2. The Morgan fingerprint density at radius 2 is 1.89 bits per heavy atom. The quantitative estimate of drug-likeness (QED) is 0.551. The maximum atomic E-state index is 13.3. The lowest BCUT2D eigenvalue weighted by atomic mass is 10.1. The lowest BCUT2D eigenvalue weighted by molar-refractivity contribution is -0.129. The van der Waals surface area contributed by atoms with Gasteiger partial charge in [0.05, 0.1) is 20.3 Å². The third-order valence-electron chi connectivity index (χ3n) is 6.74. The van der Waals surface area contributed by atoms with Gasteiger partial charge in [0.25, 0.3) is 5.91 Å². The van der Waals surface area contributed by atoms with Crippen molar-refractivity contribution in [1.82, 2.24) is 19.8 Å². The van der Waals surface area contributed by atoms with E-state index in [-0.39, 0.29) is 17.9 Å². The van der Waals surface area contributed by atoms with Crippen LogP contribution in [-0.4, -0.2) is 84.6 Å². The standard InChI is InChI=1S/C26H36N6O4/c1-7-36-20-9-8-19(22(14-20)35-6)15-29(5)24-21-16-32(17(2)3)25(34)23(21)27-26(28-24)31-12-10-30(11-13-31)18(4)33/h8-9,14,17H,7,10-13,15-16H2,1-6H3. The monoisotopic (exact) mass is 496 g/mol. The zero-order valence-electron chi connectivity index (χ0n) is 22.1. The average Bonchev–Trinajstić information content (AvgIpc) is 3.21. The van der Waals surface area contributed by atoms with Crippen molar-refractivity contribution >= 4 is 23.6 Å². The number of anilines is 2. The van der Waals surface area contributed by atoms with E-state index in [4.69, 9.17) is 19.4 Å². The number of carbonyl (C=O) groups excluding carboxylic acids is 2. The van der Waals surface area contributed by atoms with Crippen LogP contribution in [0.1, 0.15) is 49.3 Å². The van der Waals surface area contributed by atoms with Crippen molar-refractivity contribution < 1.29 is 19.1 Å². The molecular formula is C26H36N6O4. The number of aromatic nitrogens is 2. The Hall–Kier alpha value is -3.56. The van der Waals surface area contributed by atoms with E-state index in [2.05, 4.69) is 4.90 Å². The molecule has 1 fully saturated rings. The van der Waals surface area contributed by atoms with Gasteiger partial charge in [-0.15, -0.1) is 0 Å². The minimum Gasteiger partial charge on any atom is -0.496 e. The van der Waals surface area contributed by atoms with Crippen molar-refractivity contribution in [2.45, 2.75) is 46.8 Å². The number of benzene rings is 1. The number of amides is 2. The first-order valence-corrected chi connectivity index (χ1v) is 12.5. The van der Waals surface area contributed by atoms with Gasteiger partial charge in [0.2, 0.25) is 11.9 Å². The summed E-state index contributed by atoms with van der Waals surface area (Å²) in [5, 5.41) is 0. The molecule has 2 aliphatic heterocycles. The van der Waals surface area contributed by atoms with Crippen molar-refractivity contribution in [3.63, 3.8) is 0 Å². The highest BCUT2D eigenvalue weighted by molar-refractivity contribution is 5.98. The number of nitrogens with zero attached hydrogens (tertiary/aromatic N) is 6. The predicted molar refractivity (Wildman–Crippen MR) is 138 cm³/mol. The number of piperazine rings is 1. The van der Waals surface area contributed by atoms with E-state index < -0.39 is 0 Å². The molecule has 1 aromatic carbocycles. The van der Waals surface area contributed by atoms with Crippen molar-refractivity contribution in [2.75, 3.05) is 56.7 Å². The van der Waals surface area contributed by atoms with E-state index in [1.54, 1.807) is 14.0 Å². The molecule has 10 heteroatoms. The summed E-state index contributed by atoms with van der Waals surface area (Å²) in [5.74, 6) is 2.75. The Balaban J connectivity index is 1.67. The van der Waals surface area contributed by atoms with Crippen LogP contribution in [0.4, 0.5) is 11.8 Å². The molecule has 0 unspecified atom stereocenters. The summed E-state index contributed by atoms with van der Waals surface area (Å²) in [6.45, 7) is 11.6. The summed E-state index contributed by atoms with van der Waals surface area (Å²) in [6, 6.07) is 5.87. The second-order valence-corrected chi connectivity index (χ2v) is 9.46. The van der Waals surface area contributed by atoms with Crippen molar-refractivity contribution in [3.8, 4) is 11.5 Å². The normalized spacial score (nSPS) is 15.4. The summed E-state index contributed by atoms with van der Waals surface area (Å²) in [5.41, 5.74) is 2.29. The molecule has 0 radical (unpaired) electrons. The van der Waals surface area contributed by atoms with Gasteiger partial charge in [-0.3, -0.25) is 9.59 Å². The van der Waals surface area contributed by atoms with Gasteiger partial charge in [-0.05, 0) is 32.9 Å². The average molecular weight is 497 g/mol. The Morgan fingerprint density at radius 1 is 1.17 bits per heavy atom. The maximum absolute atomic E-state index is 13.3. The highest BCUT2D eigenvalue weighted by Crippen LogP contribution is 2.34. The summed E-state index contributed by atoms with van der Waals surface area (Å²) >= 11 is 0. The van der Waals surface area contributed by atoms with Crippen molar-refractivity contribution in [1.29, 1.82) is 0 Å². The van der Waals surface area contributed by atoms with Gasteiger partial charge in [0, 0.05) is 69.9 Å². The van der Waals surface area contributed by atoms with E-state index in [1.807, 2.05) is 60.7 Å². The van der Waals surface area contributed by atoms with E-state index in [0.29, 0.717) is 57.5 Å². The van der Waals surface area contributed by atoms with Crippen LogP contribution >= 0.6 is 0 Å². The highest BCUT2D eigenvalue weighted by Gasteiger charge is 2.36. The summed E-state index contributed by atoms with van der Waals surface area (Å²) in [7, 11) is 3.62. The van der Waals surface area contributed by atoms with Crippen LogP contribution in [0.25, 0.3) is 0 Å². The van der Waals surface area contributed by atoms with Crippen LogP contribution in [0.2, 0.25) is 0 Å². The molecular weight excluding hydrogens is 460 g/mol. The predicted octanol–water partition coefficient (Wildman–Crippen LogP) is 2.55. The molecule has 0 bridgehead atoms. The molecule has 0 N–H and O–H groups in total. The fourth-order valence-electron chi connectivity index (χ4n) is 4.70. The highest BCUT2D eigenvalue weighted by atomic mass is 16.5. The molecule has 0 spiro atoms. The SMILES string of the molecule is CCOc1ccc(CN(C)c2nc(N3CCN(C(C)=O)CC3)nc3c2CN(C(C)C)C3=O)c(OC)c1. The third-order valence-corrected chi connectivity index (χ3v) is 6.74. The van der Waals surface area contributed by atoms with Gasteiger partial charge in [-0.25, -0.2) is 4.98 Å². The van der Waals surface area contributed by atoms with E-state index in [0.717, 1.165) is 28.4 Å². The topological polar surface area (TPSA) is 91.3 Å². The van der Waals surface area contributed by atoms with Gasteiger partial charge >= 0.3 is 0 Å². The molecule has 2 amide bonds. The smallest absolute Gasteiger partial charge is 0.273 e. The fraction of sp³-hybridized carbons (Fsp3) is 0.538. The largest absolute Gasteiger partial charge is 0.496 e. The number of hydrogen-bond donors (Lipinski definition) is 0. The second kappa shape index (κ2) is 10.6.